The van der Waals surface area contributed by atoms with Crippen molar-refractivity contribution in [2.24, 2.45) is 0 Å². The van der Waals surface area contributed by atoms with Crippen molar-refractivity contribution in [2.75, 3.05) is 0 Å². The van der Waals surface area contributed by atoms with Crippen LogP contribution in [-0.2, 0) is 6.54 Å². The van der Waals surface area contributed by atoms with Gasteiger partial charge in [-0.1, -0.05) is 23.2 Å². The first-order valence-corrected chi connectivity index (χ1v) is 3.91. The van der Waals surface area contributed by atoms with Gasteiger partial charge in [0.15, 0.2) is 5.15 Å². The highest BCUT2D eigenvalue weighted by molar-refractivity contribution is 6.40. The lowest BCUT2D eigenvalue weighted by Crippen LogP contribution is -2.10. The molecule has 0 radical (unpaired) electrons. The molecule has 62 valence electrons. The fourth-order valence-electron chi connectivity index (χ4n) is 0.755. The maximum absolute atomic E-state index is 8.99. The lowest BCUT2D eigenvalue weighted by molar-refractivity contribution is 0.173. The van der Waals surface area contributed by atoms with Crippen LogP contribution >= 0.6 is 23.2 Å². The largest absolute Gasteiger partial charge is 0.392 e. The summed E-state index contributed by atoms with van der Waals surface area (Å²) in [5.41, 5.74) is 0. The van der Waals surface area contributed by atoms with E-state index in [0.717, 1.165) is 0 Å². The van der Waals surface area contributed by atoms with Crippen molar-refractivity contribution in [3.63, 3.8) is 0 Å². The van der Waals surface area contributed by atoms with E-state index >= 15 is 0 Å². The normalized spacial score (nSPS) is 13.5. The number of aliphatic hydroxyl groups excluding tert-OH is 1. The number of imidazole rings is 1. The van der Waals surface area contributed by atoms with Gasteiger partial charge < -0.3 is 9.67 Å². The average Bonchev–Trinajstić information content (AvgIpc) is 2.18. The summed E-state index contributed by atoms with van der Waals surface area (Å²) in [7, 11) is 0. The number of halogens is 2. The second kappa shape index (κ2) is 3.43. The van der Waals surface area contributed by atoms with Crippen LogP contribution in [0.2, 0.25) is 10.3 Å². The Morgan fingerprint density at radius 3 is 2.73 bits per heavy atom. The zero-order valence-electron chi connectivity index (χ0n) is 5.96. The Labute approximate surface area is 74.6 Å². The standard InChI is InChI=1S/C6H8Cl2N2O/c1-4(11)2-10-3-9-5(7)6(10)8/h3-4,11H,2H2,1H3. The minimum absolute atomic E-state index is 0.271. The predicted molar refractivity (Wildman–Crippen MR) is 43.9 cm³/mol. The zero-order valence-corrected chi connectivity index (χ0v) is 7.47. The Balaban J connectivity index is 2.79. The summed E-state index contributed by atoms with van der Waals surface area (Å²) in [6.07, 6.45) is 1.05. The van der Waals surface area contributed by atoms with E-state index in [9.17, 15) is 0 Å². The van der Waals surface area contributed by atoms with Crippen molar-refractivity contribution >= 4 is 23.2 Å². The molecule has 1 rings (SSSR count). The highest BCUT2D eigenvalue weighted by atomic mass is 35.5. The molecular weight excluding hydrogens is 187 g/mol. The number of rotatable bonds is 2. The molecule has 1 atom stereocenters. The fraction of sp³-hybridized carbons (Fsp3) is 0.500. The van der Waals surface area contributed by atoms with Crippen LogP contribution < -0.4 is 0 Å². The molecule has 3 nitrogen and oxygen atoms in total. The maximum atomic E-state index is 8.99. The summed E-state index contributed by atoms with van der Waals surface area (Å²) in [6, 6.07) is 0. The van der Waals surface area contributed by atoms with E-state index in [1.807, 2.05) is 0 Å². The van der Waals surface area contributed by atoms with Gasteiger partial charge in [-0.2, -0.15) is 0 Å². The van der Waals surface area contributed by atoms with Gasteiger partial charge in [0.2, 0.25) is 0 Å². The summed E-state index contributed by atoms with van der Waals surface area (Å²) in [6.45, 7) is 2.09. The Hall–Kier alpha value is -0.250. The van der Waals surface area contributed by atoms with E-state index in [-0.39, 0.29) is 5.15 Å². The molecule has 0 aliphatic carbocycles. The van der Waals surface area contributed by atoms with E-state index in [1.165, 1.54) is 6.33 Å². The van der Waals surface area contributed by atoms with Gasteiger partial charge in [0.25, 0.3) is 0 Å². The molecule has 0 aliphatic heterocycles. The quantitative estimate of drug-likeness (QED) is 0.777. The number of hydrogen-bond acceptors (Lipinski definition) is 2. The van der Waals surface area contributed by atoms with Crippen LogP contribution in [0.25, 0.3) is 0 Å². The highest BCUT2D eigenvalue weighted by Gasteiger charge is 2.06. The van der Waals surface area contributed by atoms with Crippen molar-refractivity contribution in [3.05, 3.63) is 16.6 Å². The highest BCUT2D eigenvalue weighted by Crippen LogP contribution is 2.19. The molecule has 1 aromatic heterocycles. The Morgan fingerprint density at radius 2 is 2.36 bits per heavy atom. The maximum Gasteiger partial charge on any atom is 0.166 e. The topological polar surface area (TPSA) is 38.0 Å². The lowest BCUT2D eigenvalue weighted by Gasteiger charge is -2.05. The van der Waals surface area contributed by atoms with E-state index in [2.05, 4.69) is 4.98 Å². The molecular formula is C6H8Cl2N2O. The summed E-state index contributed by atoms with van der Waals surface area (Å²) < 4.78 is 1.59. The molecule has 0 saturated carbocycles. The number of aliphatic hydroxyl groups is 1. The Kier molecular flexibility index (Phi) is 2.76. The number of hydrogen-bond donors (Lipinski definition) is 1. The van der Waals surface area contributed by atoms with E-state index in [4.69, 9.17) is 28.3 Å². The van der Waals surface area contributed by atoms with Crippen LogP contribution in [0.5, 0.6) is 0 Å². The van der Waals surface area contributed by atoms with Gasteiger partial charge in [-0.25, -0.2) is 4.98 Å². The van der Waals surface area contributed by atoms with Gasteiger partial charge >= 0.3 is 0 Å². The van der Waals surface area contributed by atoms with Gasteiger partial charge in [-0.05, 0) is 6.92 Å². The van der Waals surface area contributed by atoms with Gasteiger partial charge in [-0.3, -0.25) is 0 Å². The minimum Gasteiger partial charge on any atom is -0.392 e. The SMILES string of the molecule is CC(O)Cn1cnc(Cl)c1Cl. The molecule has 11 heavy (non-hydrogen) atoms. The van der Waals surface area contributed by atoms with Crippen molar-refractivity contribution in [3.8, 4) is 0 Å². The monoisotopic (exact) mass is 194 g/mol. The first-order valence-electron chi connectivity index (χ1n) is 3.15. The zero-order chi connectivity index (χ0) is 8.43. The molecule has 0 aliphatic rings. The molecule has 0 amide bonds. The van der Waals surface area contributed by atoms with Crippen molar-refractivity contribution in [1.29, 1.82) is 0 Å². The summed E-state index contributed by atoms with van der Waals surface area (Å²) in [5, 5.41) is 9.63. The molecule has 1 heterocycles. The molecule has 0 fully saturated rings. The van der Waals surface area contributed by atoms with Crippen LogP contribution in [0.15, 0.2) is 6.33 Å². The van der Waals surface area contributed by atoms with Gasteiger partial charge in [0.05, 0.1) is 19.0 Å². The minimum atomic E-state index is -0.447. The van der Waals surface area contributed by atoms with Gasteiger partial charge in [-0.15, -0.1) is 0 Å². The van der Waals surface area contributed by atoms with Crippen LogP contribution in [0.1, 0.15) is 6.92 Å². The molecule has 0 saturated heterocycles. The third-order valence-electron chi connectivity index (χ3n) is 1.19. The average molecular weight is 195 g/mol. The third-order valence-corrected chi connectivity index (χ3v) is 1.96. The molecule has 0 spiro atoms. The van der Waals surface area contributed by atoms with Crippen molar-refractivity contribution in [1.82, 2.24) is 9.55 Å². The first kappa shape index (κ1) is 8.84. The van der Waals surface area contributed by atoms with Crippen LogP contribution in [0, 0.1) is 0 Å². The van der Waals surface area contributed by atoms with Crippen LogP contribution in [0.3, 0.4) is 0 Å². The second-order valence-electron chi connectivity index (χ2n) is 2.33. The Bertz CT molecular complexity index is 247. The third kappa shape index (κ3) is 2.09. The van der Waals surface area contributed by atoms with Gasteiger partial charge in [0, 0.05) is 0 Å². The van der Waals surface area contributed by atoms with Gasteiger partial charge in [0.1, 0.15) is 5.15 Å². The predicted octanol–water partition coefficient (Wildman–Crippen LogP) is 1.57. The molecule has 5 heteroatoms. The van der Waals surface area contributed by atoms with E-state index < -0.39 is 6.10 Å². The smallest absolute Gasteiger partial charge is 0.166 e. The molecule has 1 aromatic rings. The van der Waals surface area contributed by atoms with Crippen LogP contribution in [0.4, 0.5) is 0 Å². The molecule has 1 unspecified atom stereocenters. The summed E-state index contributed by atoms with van der Waals surface area (Å²) >= 11 is 11.3. The Morgan fingerprint density at radius 1 is 1.73 bits per heavy atom. The molecule has 0 bridgehead atoms. The number of nitrogens with zero attached hydrogens (tertiary/aromatic N) is 2. The van der Waals surface area contributed by atoms with E-state index in [1.54, 1.807) is 11.5 Å². The fourth-order valence-corrected chi connectivity index (χ4v) is 1.07. The van der Waals surface area contributed by atoms with Crippen molar-refractivity contribution in [2.45, 2.75) is 19.6 Å². The molecule has 0 aromatic carbocycles. The number of aromatic nitrogens is 2. The summed E-state index contributed by atoms with van der Waals surface area (Å²) in [4.78, 5) is 3.75. The first-order chi connectivity index (χ1) is 5.11. The van der Waals surface area contributed by atoms with Crippen LogP contribution in [-0.4, -0.2) is 20.8 Å². The lowest BCUT2D eigenvalue weighted by atomic mass is 10.4. The molecule has 1 N–H and O–H groups in total. The van der Waals surface area contributed by atoms with E-state index in [0.29, 0.717) is 11.7 Å². The second-order valence-corrected chi connectivity index (χ2v) is 3.04. The summed E-state index contributed by atoms with van der Waals surface area (Å²) in [5.74, 6) is 0. The van der Waals surface area contributed by atoms with Crippen molar-refractivity contribution < 1.29 is 5.11 Å².